The molecule has 4 rings (SSSR count). The molecule has 5 atom stereocenters. The van der Waals surface area contributed by atoms with Gasteiger partial charge < -0.3 is 15.6 Å². The smallest absolute Gasteiger partial charge is 0.237 e. The van der Waals surface area contributed by atoms with Crippen LogP contribution in [0.5, 0.6) is 0 Å². The number of hydrogen-bond donors (Lipinski definition) is 3. The summed E-state index contributed by atoms with van der Waals surface area (Å²) in [4.78, 5) is 17.9. The maximum absolute atomic E-state index is 13.5. The van der Waals surface area contributed by atoms with E-state index in [0.29, 0.717) is 23.8 Å². The van der Waals surface area contributed by atoms with Crippen molar-refractivity contribution in [1.82, 2.24) is 20.5 Å². The zero-order valence-corrected chi connectivity index (χ0v) is 26.4. The van der Waals surface area contributed by atoms with Gasteiger partial charge in [-0.2, -0.15) is 0 Å². The van der Waals surface area contributed by atoms with Crippen LogP contribution in [0.25, 0.3) is 10.9 Å². The number of carbonyl (C=O) groups excluding carboxylic acids is 1. The van der Waals surface area contributed by atoms with Crippen LogP contribution in [0.3, 0.4) is 0 Å². The van der Waals surface area contributed by atoms with Gasteiger partial charge in [-0.25, -0.2) is 4.39 Å². The van der Waals surface area contributed by atoms with E-state index in [1.54, 1.807) is 19.2 Å². The van der Waals surface area contributed by atoms with E-state index in [-0.39, 0.29) is 29.3 Å². The van der Waals surface area contributed by atoms with E-state index >= 15 is 0 Å². The van der Waals surface area contributed by atoms with Crippen molar-refractivity contribution in [2.75, 3.05) is 13.6 Å². The third-order valence-corrected chi connectivity index (χ3v) is 9.86. The first-order chi connectivity index (χ1) is 18.9. The van der Waals surface area contributed by atoms with E-state index in [4.69, 9.17) is 0 Å². The van der Waals surface area contributed by atoms with Gasteiger partial charge in [-0.1, -0.05) is 51.7 Å². The number of carbonyl (C=O) groups is 1. The highest BCUT2D eigenvalue weighted by Crippen LogP contribution is 2.48. The molecule has 2 unspecified atom stereocenters. The minimum atomic E-state index is -0.176. The molecular weight excluding hydrogens is 499 g/mol. The fourth-order valence-electron chi connectivity index (χ4n) is 7.27. The summed E-state index contributed by atoms with van der Waals surface area (Å²) >= 11 is 0. The quantitative estimate of drug-likeness (QED) is 0.281. The van der Waals surface area contributed by atoms with Crippen molar-refractivity contribution in [2.24, 2.45) is 11.8 Å². The van der Waals surface area contributed by atoms with Crippen LogP contribution in [0.2, 0.25) is 0 Å². The molecule has 2 heterocycles. The van der Waals surface area contributed by atoms with E-state index in [2.05, 4.69) is 67.9 Å². The Balaban J connectivity index is 0.000000232. The fraction of sp³-hybridized carbons (Fsp3) is 0.676. The Hall–Kier alpha value is -2.18. The Bertz CT molecular complexity index is 1120. The average molecular weight is 555 g/mol. The van der Waals surface area contributed by atoms with Crippen LogP contribution in [-0.4, -0.2) is 53.0 Å². The molecule has 1 aliphatic carbocycles. The van der Waals surface area contributed by atoms with Gasteiger partial charge in [-0.3, -0.25) is 9.69 Å². The molecule has 2 aliphatic rings. The average Bonchev–Trinajstić information content (AvgIpc) is 3.45. The summed E-state index contributed by atoms with van der Waals surface area (Å²) in [5.41, 5.74) is 3.57. The fourth-order valence-corrected chi connectivity index (χ4v) is 7.27. The Morgan fingerprint density at radius 2 is 1.90 bits per heavy atom. The monoisotopic (exact) mass is 554 g/mol. The van der Waals surface area contributed by atoms with Crippen molar-refractivity contribution < 1.29 is 9.18 Å². The van der Waals surface area contributed by atoms with Crippen molar-refractivity contribution >= 4 is 16.8 Å². The summed E-state index contributed by atoms with van der Waals surface area (Å²) in [6, 6.07) is 5.66. The van der Waals surface area contributed by atoms with Crippen LogP contribution < -0.4 is 10.6 Å². The van der Waals surface area contributed by atoms with Crippen molar-refractivity contribution in [3.63, 3.8) is 0 Å². The Labute approximate surface area is 242 Å². The second-order valence-electron chi connectivity index (χ2n) is 12.9. The molecule has 3 N–H and O–H groups in total. The largest absolute Gasteiger partial charge is 0.361 e. The second-order valence-corrected chi connectivity index (χ2v) is 12.9. The van der Waals surface area contributed by atoms with Gasteiger partial charge in [0.05, 0.1) is 12.1 Å². The number of nitrogens with zero attached hydrogens (tertiary/aromatic N) is 1. The molecule has 0 radical (unpaired) electrons. The van der Waals surface area contributed by atoms with E-state index in [9.17, 15) is 9.18 Å². The summed E-state index contributed by atoms with van der Waals surface area (Å²) in [6.07, 6.45) is 10.9. The predicted molar refractivity (Wildman–Crippen MR) is 167 cm³/mol. The van der Waals surface area contributed by atoms with Gasteiger partial charge in [-0.05, 0) is 96.5 Å². The van der Waals surface area contributed by atoms with E-state index < -0.39 is 0 Å². The number of aromatic nitrogens is 1. The Morgan fingerprint density at radius 1 is 1.23 bits per heavy atom. The van der Waals surface area contributed by atoms with E-state index in [1.165, 1.54) is 55.9 Å². The lowest BCUT2D eigenvalue weighted by molar-refractivity contribution is -0.123. The summed E-state index contributed by atoms with van der Waals surface area (Å²) in [6.45, 7) is 20.7. The molecule has 5 nitrogen and oxygen atoms in total. The van der Waals surface area contributed by atoms with Crippen molar-refractivity contribution in [1.29, 1.82) is 0 Å². The minimum absolute atomic E-state index is 0.0751. The number of likely N-dealkylation sites (tertiary alicyclic amines) is 1. The molecular formula is C34H55FN4O. The first-order valence-electron chi connectivity index (χ1n) is 15.6. The Morgan fingerprint density at radius 3 is 2.48 bits per heavy atom. The van der Waals surface area contributed by atoms with Crippen LogP contribution in [-0.2, 0) is 4.79 Å². The van der Waals surface area contributed by atoms with Crippen LogP contribution in [0, 0.1) is 17.7 Å². The maximum atomic E-state index is 13.5. The third-order valence-electron chi connectivity index (χ3n) is 9.86. The lowest BCUT2D eigenvalue weighted by Gasteiger charge is -2.41. The highest BCUT2D eigenvalue weighted by atomic mass is 19.1. The zero-order valence-electron chi connectivity index (χ0n) is 26.4. The number of hydrogen-bond acceptors (Lipinski definition) is 3. The Kier molecular flexibility index (Phi) is 11.4. The van der Waals surface area contributed by atoms with Gasteiger partial charge in [0.25, 0.3) is 0 Å². The van der Waals surface area contributed by atoms with Crippen LogP contribution in [0.15, 0.2) is 36.5 Å². The normalized spacial score (nSPS) is 25.4. The third kappa shape index (κ3) is 7.17. The number of rotatable bonds is 9. The molecule has 0 spiro atoms. The van der Waals surface area contributed by atoms with Crippen LogP contribution >= 0.6 is 0 Å². The number of aromatic amines is 1. The topological polar surface area (TPSA) is 60.2 Å². The number of H-pyrrole nitrogens is 1. The number of nitrogens with one attached hydrogen (secondary N) is 3. The molecule has 1 amide bonds. The number of halogens is 1. The summed E-state index contributed by atoms with van der Waals surface area (Å²) < 4.78 is 13.5. The van der Waals surface area contributed by atoms with Crippen LogP contribution in [0.4, 0.5) is 4.39 Å². The highest BCUT2D eigenvalue weighted by Gasteiger charge is 2.49. The first kappa shape index (κ1) is 32.3. The molecule has 1 aliphatic heterocycles. The van der Waals surface area contributed by atoms with Gasteiger partial charge in [0.15, 0.2) is 0 Å². The number of benzene rings is 1. The molecule has 6 heteroatoms. The minimum Gasteiger partial charge on any atom is -0.361 e. The van der Waals surface area contributed by atoms with Crippen molar-refractivity contribution in [2.45, 2.75) is 123 Å². The summed E-state index contributed by atoms with van der Waals surface area (Å²) in [5, 5.41) is 7.28. The molecule has 1 saturated heterocycles. The van der Waals surface area contributed by atoms with E-state index in [0.717, 1.165) is 17.6 Å². The lowest BCUT2D eigenvalue weighted by Crippen LogP contribution is -2.48. The van der Waals surface area contributed by atoms with Gasteiger partial charge in [0.1, 0.15) is 5.82 Å². The predicted octanol–water partition coefficient (Wildman–Crippen LogP) is 7.55. The molecule has 224 valence electrons. The molecule has 1 saturated carbocycles. The maximum Gasteiger partial charge on any atom is 0.237 e. The standard InChI is InChI=1S/C20H29FN2.C14H26N2O/c1-6-9-20(5)14(4)18(12-23(20)13(2)3)17-11-22-19-10-15(21)7-8-16(17)19;1-10(2)13(12-8-6-5-7-9-12)16-14(17)11(3)15-4/h7-8,10-11,13-14,18,22H,6,9,12H2,1-5H3;11-13,15H,1,5-9H2,2-4H3,(H,16,17)/t14-,18+,20?;11-,13?/m10/s1. The SMILES string of the molecule is C=C(C)C(NC(=O)[C@H](C)NC)C1CCCCC1.CCCC1(C)[C@H](C)[C@@H](c2c[nH]c3cc(F)ccc23)CN1C(C)C. The summed E-state index contributed by atoms with van der Waals surface area (Å²) in [7, 11) is 1.81. The number of fused-ring (bicyclic) bond motifs is 1. The van der Waals surface area contributed by atoms with Crippen molar-refractivity contribution in [3.8, 4) is 0 Å². The van der Waals surface area contributed by atoms with Gasteiger partial charge in [-0.15, -0.1) is 0 Å². The van der Waals surface area contributed by atoms with Gasteiger partial charge >= 0.3 is 0 Å². The van der Waals surface area contributed by atoms with Gasteiger partial charge in [0, 0.05) is 41.1 Å². The molecule has 40 heavy (non-hydrogen) atoms. The zero-order chi connectivity index (χ0) is 29.6. The first-order valence-corrected chi connectivity index (χ1v) is 15.6. The highest BCUT2D eigenvalue weighted by molar-refractivity contribution is 5.84. The van der Waals surface area contributed by atoms with E-state index in [1.807, 2.05) is 19.9 Å². The van der Waals surface area contributed by atoms with Crippen molar-refractivity contribution in [3.05, 3.63) is 47.9 Å². The molecule has 1 aromatic heterocycles. The second kappa shape index (κ2) is 14.1. The molecule has 2 fully saturated rings. The molecule has 0 bridgehead atoms. The lowest BCUT2D eigenvalue weighted by atomic mass is 9.77. The molecule has 2 aromatic rings. The molecule has 1 aromatic carbocycles. The number of amides is 1. The van der Waals surface area contributed by atoms with Crippen LogP contribution in [0.1, 0.15) is 105 Å². The summed E-state index contributed by atoms with van der Waals surface area (Å²) in [5.74, 6) is 1.55. The van der Waals surface area contributed by atoms with Gasteiger partial charge in [0.2, 0.25) is 5.91 Å². The number of likely N-dealkylation sites (N-methyl/N-ethyl adjacent to an activating group) is 1.